The summed E-state index contributed by atoms with van der Waals surface area (Å²) in [6, 6.07) is 23.9. The fraction of sp³-hybridized carbons (Fsp3) is 0.333. The number of nitrogens with zero attached hydrogens (tertiary/aromatic N) is 4. The Balaban J connectivity index is 0.000000240. The van der Waals surface area contributed by atoms with Crippen molar-refractivity contribution in [3.8, 4) is 0 Å². The molecule has 2 aliphatic rings. The fourth-order valence-electron chi connectivity index (χ4n) is 7.58. The number of halogens is 1. The van der Waals surface area contributed by atoms with Gasteiger partial charge in [-0.1, -0.05) is 6.07 Å². The van der Waals surface area contributed by atoms with Crippen LogP contribution in [0.1, 0.15) is 38.8 Å². The molecule has 8 rings (SSSR count). The zero-order valence-corrected chi connectivity index (χ0v) is 41.0. The van der Waals surface area contributed by atoms with E-state index in [-0.39, 0.29) is 39.3 Å². The molecule has 0 aliphatic carbocycles. The highest BCUT2D eigenvalue weighted by Gasteiger charge is 2.25. The molecule has 69 heavy (non-hydrogen) atoms. The monoisotopic (exact) mass is 994 g/mol. The highest BCUT2D eigenvalue weighted by Crippen LogP contribution is 2.29. The summed E-state index contributed by atoms with van der Waals surface area (Å²) < 4.78 is 65.7. The van der Waals surface area contributed by atoms with E-state index in [1.807, 2.05) is 61.2 Å². The molecule has 2 saturated heterocycles. The van der Waals surface area contributed by atoms with Crippen LogP contribution < -0.4 is 26.7 Å². The van der Waals surface area contributed by atoms with Crippen molar-refractivity contribution in [3.05, 3.63) is 133 Å². The number of hydrogen-bond donors (Lipinski definition) is 4. The number of benzene rings is 4. The number of sulfonamides is 1. The molecule has 0 radical (unpaired) electrons. The number of hydrogen-bond acceptors (Lipinski definition) is 12. The van der Waals surface area contributed by atoms with Crippen LogP contribution in [0, 0.1) is 13.8 Å². The molecule has 0 bridgehead atoms. The largest absolute Gasteiger partial charge is 0.478 e. The third kappa shape index (κ3) is 13.9. The van der Waals surface area contributed by atoms with Crippen LogP contribution in [0.25, 0.3) is 21.8 Å². The van der Waals surface area contributed by atoms with Crippen molar-refractivity contribution >= 4 is 71.6 Å². The molecule has 0 amide bonds. The number of alkyl halides is 1. The number of nitrogens with two attached hydrogens (primary N) is 1. The molecule has 7 N–H and O–H groups in total. The topological polar surface area (TPSA) is 260 Å². The Hall–Kier alpha value is -6.33. The molecule has 0 spiro atoms. The molecular weight excluding hydrogens is 934 g/mol. The van der Waals surface area contributed by atoms with Gasteiger partial charge in [0.15, 0.2) is 5.78 Å². The molecule has 2 fully saturated rings. The summed E-state index contributed by atoms with van der Waals surface area (Å²) >= 11 is 0. The summed E-state index contributed by atoms with van der Waals surface area (Å²) in [5.41, 5.74) is 12.3. The van der Waals surface area contributed by atoms with Gasteiger partial charge in [-0.05, 0) is 111 Å². The van der Waals surface area contributed by atoms with Gasteiger partial charge in [-0.2, -0.15) is 0 Å². The lowest BCUT2D eigenvalue weighted by molar-refractivity contribution is 0.0695. The number of rotatable bonds is 10. The molecule has 0 saturated carbocycles. The maximum absolute atomic E-state index is 13.5. The van der Waals surface area contributed by atoms with Crippen molar-refractivity contribution in [1.82, 2.24) is 18.6 Å². The zero-order valence-electron chi connectivity index (χ0n) is 40.3. The Morgan fingerprint density at radius 2 is 1.26 bits per heavy atom. The predicted molar refractivity (Wildman–Crippen MR) is 269 cm³/mol. The third-order valence-corrected chi connectivity index (χ3v) is 14.2. The number of carbonyl (C=O) groups excluding carboxylic acids is 1. The van der Waals surface area contributed by atoms with E-state index in [1.54, 1.807) is 48.7 Å². The van der Waals surface area contributed by atoms with Crippen molar-refractivity contribution in [2.45, 2.75) is 30.1 Å². The average molecular weight is 995 g/mol. The SMILES string of the molecule is CN(C)S(=O)(=O)c1ccc(N2CCOCC2)c(C(=O)O)c1.Cc1cc(=O)[nH]c2ccc(CC(=O)c3cc(S(=O)N(C)C)ccc3N3CCOCC3)cc12.Cc1cc(=O)[nH]c2ccc(N)cc12.O.[2H]CF. The Morgan fingerprint density at radius 1 is 0.768 bits per heavy atom. The highest BCUT2D eigenvalue weighted by atomic mass is 32.2. The van der Waals surface area contributed by atoms with E-state index in [2.05, 4.69) is 14.9 Å². The minimum atomic E-state index is -3.65. The first-order valence-electron chi connectivity index (χ1n) is 22.0. The molecule has 4 heterocycles. The number of fused-ring (bicyclic) bond motifs is 2. The van der Waals surface area contributed by atoms with Crippen molar-refractivity contribution in [2.24, 2.45) is 0 Å². The molecule has 6 aromatic rings. The van der Waals surface area contributed by atoms with Crippen LogP contribution in [0.3, 0.4) is 0 Å². The van der Waals surface area contributed by atoms with Gasteiger partial charge >= 0.3 is 5.97 Å². The number of nitrogens with one attached hydrogen (secondary N) is 2. The number of carbonyl (C=O) groups is 2. The number of aryl methyl sites for hydroxylation is 2. The van der Waals surface area contributed by atoms with Gasteiger partial charge in [-0.25, -0.2) is 26.0 Å². The van der Waals surface area contributed by atoms with Crippen LogP contribution >= 0.6 is 0 Å². The lowest BCUT2D eigenvalue weighted by Gasteiger charge is -2.30. The van der Waals surface area contributed by atoms with Gasteiger partial charge in [0.1, 0.15) is 11.0 Å². The van der Waals surface area contributed by atoms with E-state index in [4.69, 9.17) is 16.6 Å². The summed E-state index contributed by atoms with van der Waals surface area (Å²) in [6.07, 6.45) is 0.212. The Bertz CT molecular complexity index is 3050. The number of H-pyrrole nitrogens is 2. The van der Waals surface area contributed by atoms with Gasteiger partial charge in [-0.3, -0.25) is 18.8 Å². The molecule has 1 atom stereocenters. The molecule has 21 heteroatoms. The number of aromatic carboxylic acids is 1. The summed E-state index contributed by atoms with van der Waals surface area (Å²) in [4.78, 5) is 57.9. The van der Waals surface area contributed by atoms with Crippen molar-refractivity contribution in [1.29, 1.82) is 0 Å². The average Bonchev–Trinajstić information content (AvgIpc) is 3.32. The number of aromatic nitrogens is 2. The van der Waals surface area contributed by atoms with Crippen molar-refractivity contribution < 1.29 is 48.0 Å². The van der Waals surface area contributed by atoms with Gasteiger partial charge in [0, 0.05) is 97.6 Å². The van der Waals surface area contributed by atoms with Crippen LogP contribution in [0.2, 0.25) is 0 Å². The lowest BCUT2D eigenvalue weighted by Crippen LogP contribution is -2.37. The summed E-state index contributed by atoms with van der Waals surface area (Å²) in [5.74, 6) is -1.18. The van der Waals surface area contributed by atoms with Gasteiger partial charge in [0.05, 0.1) is 56.0 Å². The number of morpholine rings is 2. The van der Waals surface area contributed by atoms with E-state index in [0.717, 1.165) is 48.5 Å². The Labute approximate surface area is 403 Å². The second-order valence-electron chi connectivity index (χ2n) is 16.1. The highest BCUT2D eigenvalue weighted by molar-refractivity contribution is 7.89. The maximum Gasteiger partial charge on any atom is 0.337 e. The van der Waals surface area contributed by atoms with Gasteiger partial charge in [-0.15, -0.1) is 0 Å². The minimum Gasteiger partial charge on any atom is -0.478 e. The van der Waals surface area contributed by atoms with Gasteiger partial charge in [0.25, 0.3) is 0 Å². The lowest BCUT2D eigenvalue weighted by atomic mass is 9.98. The minimum absolute atomic E-state index is 0. The molecule has 18 nitrogen and oxygen atoms in total. The first-order chi connectivity index (χ1) is 32.7. The predicted octanol–water partition coefficient (Wildman–Crippen LogP) is 4.33. The number of anilines is 3. The standard InChI is InChI=1S/C24H27N3O4S.C13H18N2O5S.C10H10N2O.CH3F.H2O/c1-16-12-24(29)25-21-6-4-17(13-19(16)21)14-23(28)20-15-18(32(30)26(2)3)5-7-22(20)27-8-10-31-11-9-27;1-14(2)21(18,19)10-3-4-12(11(9-10)13(16)17)15-5-7-20-8-6-15;1-6-4-10(13)12-9-3-2-7(11)5-8(6)9;1-2;/h4-7,12-13,15H,8-11,14H2,1-3H3,(H,25,29);3-4,9H,5-8H2,1-2H3,(H,16,17);2-5H,11H2,1H3,(H,12,13);1H3;1H2/i;;;1D;. The van der Waals surface area contributed by atoms with E-state index >= 15 is 0 Å². The van der Waals surface area contributed by atoms with E-state index in [1.165, 1.54) is 26.2 Å². The van der Waals surface area contributed by atoms with Crippen LogP contribution in [-0.2, 0) is 36.9 Å². The van der Waals surface area contributed by atoms with Crippen LogP contribution in [0.15, 0.2) is 104 Å². The van der Waals surface area contributed by atoms with Crippen LogP contribution in [0.4, 0.5) is 21.5 Å². The number of nitrogen functional groups attached to an aromatic ring is 1. The zero-order chi connectivity index (χ0) is 50.6. The smallest absolute Gasteiger partial charge is 0.337 e. The van der Waals surface area contributed by atoms with E-state index in [0.29, 0.717) is 74.4 Å². The van der Waals surface area contributed by atoms with Crippen molar-refractivity contribution in [2.75, 3.05) is 103 Å². The van der Waals surface area contributed by atoms with Gasteiger partial charge in [0.2, 0.25) is 21.1 Å². The third-order valence-electron chi connectivity index (χ3n) is 11.0. The Kier molecular flexibility index (Phi) is 19.3. The number of pyridine rings is 2. The van der Waals surface area contributed by atoms with Crippen LogP contribution in [-0.4, -0.2) is 141 Å². The molecule has 1 unspecified atom stereocenters. The summed E-state index contributed by atoms with van der Waals surface area (Å²) in [6.45, 7) is 8.64. The van der Waals surface area contributed by atoms with Crippen LogP contribution in [0.5, 0.6) is 0 Å². The number of ether oxygens (including phenoxy) is 2. The molecule has 372 valence electrons. The molecule has 4 aromatic carbocycles. The number of ketones is 1. The Morgan fingerprint density at radius 3 is 1.77 bits per heavy atom. The number of carboxylic acid groups (broad SMARTS) is 1. The van der Waals surface area contributed by atoms with E-state index in [9.17, 15) is 41.3 Å². The second-order valence-corrected chi connectivity index (χ2v) is 20.0. The first kappa shape index (κ1) is 53.6. The van der Waals surface area contributed by atoms with Gasteiger partial charge < -0.3 is 45.6 Å². The summed E-state index contributed by atoms with van der Waals surface area (Å²) in [5, 5.41) is 11.3. The molecule has 2 aromatic heterocycles. The molecular formula is C48H60FN7O11S2. The fourth-order valence-corrected chi connectivity index (χ4v) is 9.33. The maximum atomic E-state index is 13.5. The normalized spacial score (nSPS) is 14.3. The number of carboxylic acids is 1. The van der Waals surface area contributed by atoms with Crippen molar-refractivity contribution in [3.63, 3.8) is 0 Å². The molecule has 2 aliphatic heterocycles. The quantitative estimate of drug-likeness (QED) is 0.110. The number of Topliss-reactive ketones (excluding diaryl/α,β-unsaturated/α-hetero) is 1. The summed E-state index contributed by atoms with van der Waals surface area (Å²) in [7, 11) is 0.312. The second kappa shape index (κ2) is 24.8. The van der Waals surface area contributed by atoms with E-state index < -0.39 is 34.1 Å². The number of aromatic amines is 2. The first-order valence-corrected chi connectivity index (χ1v) is 23.9.